The van der Waals surface area contributed by atoms with Crippen LogP contribution in [-0.2, 0) is 0 Å². The van der Waals surface area contributed by atoms with Crippen molar-refractivity contribution < 1.29 is 4.42 Å². The highest BCUT2D eigenvalue weighted by atomic mass is 16.3. The highest BCUT2D eigenvalue weighted by Crippen LogP contribution is 2.35. The number of aromatic nitrogens is 5. The van der Waals surface area contributed by atoms with Gasteiger partial charge in [-0.3, -0.25) is 4.57 Å². The second-order valence-corrected chi connectivity index (χ2v) is 8.58. The lowest BCUT2D eigenvalue weighted by molar-refractivity contribution is 0.651. The number of furan rings is 1. The van der Waals surface area contributed by atoms with Gasteiger partial charge in [-0.2, -0.15) is 0 Å². The van der Waals surface area contributed by atoms with E-state index in [1.165, 1.54) is 0 Å². The molecule has 0 saturated carbocycles. The maximum absolute atomic E-state index is 6.30. The van der Waals surface area contributed by atoms with E-state index in [1.54, 1.807) is 0 Å². The van der Waals surface area contributed by atoms with Crippen molar-refractivity contribution in [3.8, 4) is 17.2 Å². The minimum Gasteiger partial charge on any atom is -0.437 e. The molecule has 0 aliphatic heterocycles. The predicted octanol–water partition coefficient (Wildman–Crippen LogP) is 6.79. The molecular formula is C29H17N5O. The van der Waals surface area contributed by atoms with E-state index < -0.39 is 0 Å². The lowest BCUT2D eigenvalue weighted by Crippen LogP contribution is -2.03. The fourth-order valence-corrected chi connectivity index (χ4v) is 4.99. The van der Waals surface area contributed by atoms with Gasteiger partial charge in [0.15, 0.2) is 11.6 Å². The molecule has 0 bridgehead atoms. The summed E-state index contributed by atoms with van der Waals surface area (Å²) in [5.74, 6) is 2.22. The lowest BCUT2D eigenvalue weighted by Gasteiger charge is -2.11. The predicted molar refractivity (Wildman–Crippen MR) is 138 cm³/mol. The maximum atomic E-state index is 6.30. The largest absolute Gasteiger partial charge is 0.437 e. The molecule has 0 aliphatic rings. The maximum Gasteiger partial charge on any atom is 0.234 e. The Bertz CT molecular complexity index is 2060. The quantitative estimate of drug-likeness (QED) is 0.290. The van der Waals surface area contributed by atoms with Gasteiger partial charge in [-0.25, -0.2) is 19.4 Å². The molecule has 35 heavy (non-hydrogen) atoms. The normalized spacial score (nSPS) is 12.0. The summed E-state index contributed by atoms with van der Waals surface area (Å²) in [5.41, 5.74) is 6.26. The van der Waals surface area contributed by atoms with E-state index in [2.05, 4.69) is 27.2 Å². The first-order valence-corrected chi connectivity index (χ1v) is 11.5. The molecule has 6 nitrogen and oxygen atoms in total. The highest BCUT2D eigenvalue weighted by Gasteiger charge is 2.23. The van der Waals surface area contributed by atoms with Gasteiger partial charge in [-0.1, -0.05) is 66.7 Å². The second kappa shape index (κ2) is 6.77. The smallest absolute Gasteiger partial charge is 0.234 e. The molecule has 6 heteroatoms. The van der Waals surface area contributed by atoms with Crippen LogP contribution in [0.25, 0.3) is 67.1 Å². The summed E-state index contributed by atoms with van der Waals surface area (Å²) in [4.78, 5) is 15.1. The van der Waals surface area contributed by atoms with Crippen LogP contribution in [0.1, 0.15) is 0 Å². The van der Waals surface area contributed by atoms with Crippen molar-refractivity contribution in [3.05, 3.63) is 103 Å². The number of benzene rings is 4. The fraction of sp³-hybridized carbons (Fsp3) is 0. The number of fused-ring (bicyclic) bond motifs is 8. The molecule has 4 aromatic carbocycles. The van der Waals surface area contributed by atoms with Gasteiger partial charge in [-0.15, -0.1) is 0 Å². The van der Waals surface area contributed by atoms with Crippen LogP contribution in [0.4, 0.5) is 0 Å². The van der Waals surface area contributed by atoms with Crippen molar-refractivity contribution in [2.75, 3.05) is 0 Å². The van der Waals surface area contributed by atoms with Crippen LogP contribution in [-0.4, -0.2) is 23.9 Å². The van der Waals surface area contributed by atoms with E-state index in [-0.39, 0.29) is 0 Å². The molecule has 0 amide bonds. The third-order valence-electron chi connectivity index (χ3n) is 6.56. The number of nitrogens with zero attached hydrogens (tertiary/aromatic N) is 5. The Labute approximate surface area is 198 Å². The van der Waals surface area contributed by atoms with Crippen molar-refractivity contribution in [1.29, 1.82) is 0 Å². The fourth-order valence-electron chi connectivity index (χ4n) is 4.99. The Balaban J connectivity index is 1.55. The Kier molecular flexibility index (Phi) is 3.57. The summed E-state index contributed by atoms with van der Waals surface area (Å²) in [7, 11) is 0. The molecule has 4 heterocycles. The second-order valence-electron chi connectivity index (χ2n) is 8.58. The average Bonchev–Trinajstić information content (AvgIpc) is 3.55. The topological polar surface area (TPSA) is 61.2 Å². The summed E-state index contributed by atoms with van der Waals surface area (Å²) in [6.07, 6.45) is 0. The van der Waals surface area contributed by atoms with Crippen LogP contribution in [0.3, 0.4) is 0 Å². The van der Waals surface area contributed by atoms with Crippen LogP contribution in [0.15, 0.2) is 108 Å². The Morgan fingerprint density at radius 3 is 2.20 bits per heavy atom. The third kappa shape index (κ3) is 2.50. The van der Waals surface area contributed by atoms with Crippen LogP contribution >= 0.6 is 0 Å². The van der Waals surface area contributed by atoms with Gasteiger partial charge in [0.25, 0.3) is 0 Å². The summed E-state index contributed by atoms with van der Waals surface area (Å²) in [5, 5.41) is 1.96. The Hall–Kier alpha value is -4.97. The number of hydrogen-bond acceptors (Lipinski definition) is 4. The average molecular weight is 451 g/mol. The molecule has 4 aromatic heterocycles. The van der Waals surface area contributed by atoms with Gasteiger partial charge < -0.3 is 4.42 Å². The zero-order chi connectivity index (χ0) is 22.9. The van der Waals surface area contributed by atoms with Crippen molar-refractivity contribution >= 4 is 49.9 Å². The zero-order valence-electron chi connectivity index (χ0n) is 18.5. The molecule has 8 rings (SSSR count). The van der Waals surface area contributed by atoms with Crippen molar-refractivity contribution in [1.82, 2.24) is 23.9 Å². The number of imidazole rings is 2. The van der Waals surface area contributed by atoms with Crippen LogP contribution in [0.5, 0.6) is 0 Å². The molecule has 8 aromatic rings. The molecule has 0 N–H and O–H groups in total. The molecular weight excluding hydrogens is 434 g/mol. The molecule has 0 unspecified atom stereocenters. The van der Waals surface area contributed by atoms with Gasteiger partial charge in [0.05, 0.1) is 16.6 Å². The van der Waals surface area contributed by atoms with Gasteiger partial charge in [0.2, 0.25) is 11.5 Å². The SMILES string of the molecule is c1ccc(-c2nc(-n3c4ccccc4n4c5oc6ccccc6c5nc34)c3ccccc3n2)cc1. The van der Waals surface area contributed by atoms with Crippen LogP contribution in [0.2, 0.25) is 0 Å². The number of rotatable bonds is 2. The molecule has 164 valence electrons. The van der Waals surface area contributed by atoms with E-state index in [9.17, 15) is 0 Å². The van der Waals surface area contributed by atoms with Crippen molar-refractivity contribution in [2.24, 2.45) is 0 Å². The highest BCUT2D eigenvalue weighted by molar-refractivity contribution is 6.05. The van der Waals surface area contributed by atoms with E-state index in [0.29, 0.717) is 5.82 Å². The van der Waals surface area contributed by atoms with E-state index in [4.69, 9.17) is 19.4 Å². The summed E-state index contributed by atoms with van der Waals surface area (Å²) >= 11 is 0. The standard InChI is InChI=1S/C29H17N5O/c1-2-10-18(11-3-1)26-30-21-14-6-4-12-19(21)27(32-26)33-22-15-7-8-16-23(22)34-28-25(31-29(33)34)20-13-5-9-17-24(20)35-28/h1-17H. The van der Waals surface area contributed by atoms with E-state index in [0.717, 1.165) is 61.3 Å². The first-order valence-electron chi connectivity index (χ1n) is 11.5. The molecule has 0 radical (unpaired) electrons. The van der Waals surface area contributed by atoms with Crippen molar-refractivity contribution in [2.45, 2.75) is 0 Å². The Morgan fingerprint density at radius 1 is 0.600 bits per heavy atom. The van der Waals surface area contributed by atoms with Gasteiger partial charge in [-0.05, 0) is 36.4 Å². The molecule has 0 saturated heterocycles. The van der Waals surface area contributed by atoms with Crippen LogP contribution < -0.4 is 0 Å². The molecule has 0 atom stereocenters. The summed E-state index contributed by atoms with van der Waals surface area (Å²) < 4.78 is 10.5. The minimum absolute atomic E-state index is 0.677. The van der Waals surface area contributed by atoms with Crippen LogP contribution in [0, 0.1) is 0 Å². The Morgan fingerprint density at radius 2 is 1.31 bits per heavy atom. The first-order chi connectivity index (χ1) is 17.4. The van der Waals surface area contributed by atoms with Gasteiger partial charge in [0, 0.05) is 16.3 Å². The minimum atomic E-state index is 0.677. The van der Waals surface area contributed by atoms with E-state index in [1.807, 2.05) is 84.9 Å². The number of para-hydroxylation sites is 4. The summed E-state index contributed by atoms with van der Waals surface area (Å²) in [6, 6.07) is 34.5. The first kappa shape index (κ1) is 18.5. The van der Waals surface area contributed by atoms with Crippen molar-refractivity contribution in [3.63, 3.8) is 0 Å². The molecule has 0 aliphatic carbocycles. The molecule has 0 fully saturated rings. The van der Waals surface area contributed by atoms with E-state index >= 15 is 0 Å². The van der Waals surface area contributed by atoms with Gasteiger partial charge in [0.1, 0.15) is 11.1 Å². The summed E-state index contributed by atoms with van der Waals surface area (Å²) in [6.45, 7) is 0. The monoisotopic (exact) mass is 451 g/mol. The number of hydrogen-bond donors (Lipinski definition) is 0. The third-order valence-corrected chi connectivity index (χ3v) is 6.56. The van der Waals surface area contributed by atoms with Gasteiger partial charge >= 0.3 is 0 Å². The lowest BCUT2D eigenvalue weighted by atomic mass is 10.2. The molecule has 0 spiro atoms. The zero-order valence-corrected chi connectivity index (χ0v) is 18.5.